The molecule has 3 aromatic carbocycles. The van der Waals surface area contributed by atoms with Crippen LogP contribution in [0.5, 0.6) is 0 Å². The van der Waals surface area contributed by atoms with Crippen LogP contribution in [-0.2, 0) is 35.5 Å². The molecule has 0 bridgehead atoms. The fraction of sp³-hybridized carbons (Fsp3) is 0.460. The van der Waals surface area contributed by atoms with E-state index in [1.165, 1.54) is 58.9 Å². The summed E-state index contributed by atoms with van der Waals surface area (Å²) in [7, 11) is 0. The molecule has 0 nitrogen and oxygen atoms in total. The Hall–Kier alpha value is -2.05. The molecule has 1 unspecified atom stereocenters. The molecule has 0 radical (unpaired) electrons. The van der Waals surface area contributed by atoms with Gasteiger partial charge in [-0.05, 0) is 0 Å². The van der Waals surface area contributed by atoms with Crippen molar-refractivity contribution in [2.45, 2.75) is 125 Å². The molecule has 0 aromatic heterocycles. The minimum absolute atomic E-state index is 0. The average molecular weight is 829 g/mol. The summed E-state index contributed by atoms with van der Waals surface area (Å²) in [5.74, 6) is 0.411. The summed E-state index contributed by atoms with van der Waals surface area (Å²) in [6.45, 7) is 33.9. The predicted octanol–water partition coefficient (Wildman–Crippen LogP) is 14.3. The Labute approximate surface area is 336 Å². The first kappa shape index (κ1) is 42.1. The second kappa shape index (κ2) is 12.7. The van der Waals surface area contributed by atoms with Crippen LogP contribution < -0.4 is 3.27 Å². The molecule has 3 heteroatoms. The van der Waals surface area contributed by atoms with Gasteiger partial charge in [0, 0.05) is 0 Å². The maximum atomic E-state index is 5.74. The summed E-state index contributed by atoms with van der Waals surface area (Å²) in [6, 6.07) is 22.0. The topological polar surface area (TPSA) is 0 Å². The van der Waals surface area contributed by atoms with E-state index in [1.54, 1.807) is 12.1 Å². The molecule has 1 atom stereocenters. The van der Waals surface area contributed by atoms with Gasteiger partial charge >= 0.3 is 314 Å². The van der Waals surface area contributed by atoms with Gasteiger partial charge in [0.15, 0.2) is 0 Å². The Morgan fingerprint density at radius 1 is 0.717 bits per heavy atom. The van der Waals surface area contributed by atoms with E-state index >= 15 is 0 Å². The SMILES string of the molecule is Cl.Cl.[CH2]=[Zr]([CH3])([C]1=CC(C(C)(C)C)=CC1CC)([C]1=C(C(C)(C)C)c2cc3c(cc2C1(C)C)Cc1cc2c(cc1-3)C(C(C)(C)C)=CC2(C)C)[c]1ccccc1. The van der Waals surface area contributed by atoms with Crippen molar-refractivity contribution >= 4 is 43.4 Å². The summed E-state index contributed by atoms with van der Waals surface area (Å²) in [4.78, 5) is 0. The molecular formula is C50H66Cl2Zr. The number of fused-ring (bicyclic) bond motifs is 5. The van der Waals surface area contributed by atoms with E-state index in [2.05, 4.69) is 174 Å². The predicted molar refractivity (Wildman–Crippen MR) is 238 cm³/mol. The third-order valence-corrected chi connectivity index (χ3v) is 28.7. The number of halogens is 2. The quantitative estimate of drug-likeness (QED) is 0.192. The zero-order chi connectivity index (χ0) is 37.5. The fourth-order valence-electron chi connectivity index (χ4n) is 10.9. The van der Waals surface area contributed by atoms with Gasteiger partial charge in [0.05, 0.1) is 0 Å². The van der Waals surface area contributed by atoms with E-state index in [-0.39, 0.29) is 51.9 Å². The van der Waals surface area contributed by atoms with Crippen LogP contribution in [0.4, 0.5) is 0 Å². The standard InChI is InChI=1S/C31H37.C11H17.C6H5.CH3.CH2.2ClH.Zr/c1-28(2,3)26-16-30(7,8)24-12-18-11-19-13-25-23(15-21(19)20(18)14-22(24)26)27(29(4,5)6)17-31(25,9)10;1-5-9-6-7-10(8-9)11(2,3)4;1-2-4-6-5-3-1;;;;;/h12-16H,11H2,1-10H3;7-9H,5H2,1-4H3;1-5H;1H3;1H2;2*1H;. The van der Waals surface area contributed by atoms with E-state index in [9.17, 15) is 0 Å². The fourth-order valence-corrected chi connectivity index (χ4v) is 27.8. The van der Waals surface area contributed by atoms with Crippen molar-refractivity contribution in [1.29, 1.82) is 0 Å². The first-order valence-corrected chi connectivity index (χ1v) is 27.6. The van der Waals surface area contributed by atoms with Gasteiger partial charge in [-0.15, -0.1) is 24.8 Å². The molecule has 7 rings (SSSR count). The minimum atomic E-state index is -4.55. The van der Waals surface area contributed by atoms with Crippen molar-refractivity contribution in [3.8, 4) is 11.1 Å². The second-order valence-electron chi connectivity index (χ2n) is 21.3. The Balaban J connectivity index is 0.00000271. The van der Waals surface area contributed by atoms with E-state index in [1.807, 2.05) is 0 Å². The van der Waals surface area contributed by atoms with E-state index in [4.69, 9.17) is 4.21 Å². The summed E-state index contributed by atoms with van der Waals surface area (Å²) in [5, 5.41) is 0. The molecular weight excluding hydrogens is 763 g/mol. The molecule has 0 N–H and O–H groups in total. The van der Waals surface area contributed by atoms with Crippen molar-refractivity contribution in [2.24, 2.45) is 22.2 Å². The normalized spacial score (nSPS) is 20.1. The summed E-state index contributed by atoms with van der Waals surface area (Å²) in [5.41, 5.74) is 16.4. The molecule has 284 valence electrons. The van der Waals surface area contributed by atoms with Crippen molar-refractivity contribution in [2.75, 3.05) is 0 Å². The molecule has 4 aliphatic carbocycles. The Bertz CT molecular complexity index is 2210. The summed E-state index contributed by atoms with van der Waals surface area (Å²) < 4.78 is 13.2. The van der Waals surface area contributed by atoms with Gasteiger partial charge in [0.25, 0.3) is 0 Å². The van der Waals surface area contributed by atoms with Crippen LogP contribution in [-0.4, -0.2) is 4.21 Å². The van der Waals surface area contributed by atoms with Crippen LogP contribution in [0.3, 0.4) is 0 Å². The number of allylic oxidation sites excluding steroid dienone is 8. The zero-order valence-corrected chi connectivity index (χ0v) is 39.5. The van der Waals surface area contributed by atoms with E-state index in [0.717, 1.165) is 12.8 Å². The molecule has 0 saturated heterocycles. The second-order valence-corrected chi connectivity index (χ2v) is 35.2. The molecule has 0 spiro atoms. The molecule has 0 saturated carbocycles. The Kier molecular flexibility index (Phi) is 10.1. The van der Waals surface area contributed by atoms with Crippen LogP contribution in [0.2, 0.25) is 4.63 Å². The zero-order valence-electron chi connectivity index (χ0n) is 35.4. The van der Waals surface area contributed by atoms with Crippen molar-refractivity contribution in [3.05, 3.63) is 118 Å². The van der Waals surface area contributed by atoms with Crippen molar-refractivity contribution in [3.63, 3.8) is 0 Å². The third kappa shape index (κ3) is 6.12. The van der Waals surface area contributed by atoms with Gasteiger partial charge < -0.3 is 0 Å². The molecule has 0 heterocycles. The van der Waals surface area contributed by atoms with Crippen LogP contribution >= 0.6 is 24.8 Å². The average Bonchev–Trinajstić information content (AvgIpc) is 3.74. The van der Waals surface area contributed by atoms with Gasteiger partial charge in [-0.2, -0.15) is 0 Å². The first-order valence-electron chi connectivity index (χ1n) is 19.7. The van der Waals surface area contributed by atoms with Gasteiger partial charge in [-0.25, -0.2) is 0 Å². The number of hydrogen-bond donors (Lipinski definition) is 0. The number of rotatable bonds is 4. The first-order chi connectivity index (χ1) is 23.3. The monoisotopic (exact) mass is 826 g/mol. The van der Waals surface area contributed by atoms with Gasteiger partial charge in [0.2, 0.25) is 0 Å². The van der Waals surface area contributed by atoms with Crippen molar-refractivity contribution in [1.82, 2.24) is 0 Å². The number of hydrogen-bond acceptors (Lipinski definition) is 0. The summed E-state index contributed by atoms with van der Waals surface area (Å²) in [6.07, 6.45) is 9.91. The summed E-state index contributed by atoms with van der Waals surface area (Å²) >= 11 is -4.55. The van der Waals surface area contributed by atoms with Crippen molar-refractivity contribution < 1.29 is 18.3 Å². The number of benzene rings is 3. The maximum absolute atomic E-state index is 5.74. The third-order valence-electron chi connectivity index (χ3n) is 13.4. The van der Waals surface area contributed by atoms with Crippen LogP contribution in [0.15, 0.2) is 85.0 Å². The van der Waals surface area contributed by atoms with Gasteiger partial charge in [-0.3, -0.25) is 0 Å². The molecule has 0 amide bonds. The van der Waals surface area contributed by atoms with Gasteiger partial charge in [0.1, 0.15) is 0 Å². The van der Waals surface area contributed by atoms with Crippen LogP contribution in [0.25, 0.3) is 22.3 Å². The van der Waals surface area contributed by atoms with Crippen LogP contribution in [0.1, 0.15) is 137 Å². The van der Waals surface area contributed by atoms with E-state index in [0.29, 0.717) is 5.92 Å². The van der Waals surface area contributed by atoms with Gasteiger partial charge in [-0.1, -0.05) is 0 Å². The Morgan fingerprint density at radius 3 is 1.77 bits per heavy atom. The molecule has 0 aliphatic heterocycles. The molecule has 3 aromatic rings. The Morgan fingerprint density at radius 2 is 1.26 bits per heavy atom. The molecule has 4 aliphatic rings. The van der Waals surface area contributed by atoms with Crippen LogP contribution in [0, 0.1) is 22.2 Å². The molecule has 0 fully saturated rings. The molecule has 53 heavy (non-hydrogen) atoms. The van der Waals surface area contributed by atoms with E-state index < -0.39 is 18.3 Å².